The van der Waals surface area contributed by atoms with Crippen molar-refractivity contribution in [1.29, 1.82) is 0 Å². The van der Waals surface area contributed by atoms with Gasteiger partial charge in [-0.3, -0.25) is 0 Å². The molecule has 0 heterocycles. The third kappa shape index (κ3) is 4.05. The number of rotatable bonds is 5. The molecule has 0 saturated carbocycles. The Kier molecular flexibility index (Phi) is 4.99. The number of aryl methyl sites for hydroxylation is 1. The molecule has 1 aromatic rings. The lowest BCUT2D eigenvalue weighted by Crippen LogP contribution is -2.28. The molecule has 1 unspecified atom stereocenters. The van der Waals surface area contributed by atoms with Crippen molar-refractivity contribution in [3.05, 3.63) is 35.4 Å². The van der Waals surface area contributed by atoms with Gasteiger partial charge in [-0.25, -0.2) is 8.42 Å². The molecule has 1 aliphatic rings. The van der Waals surface area contributed by atoms with Gasteiger partial charge in [0.15, 0.2) is 9.84 Å². The first-order valence-corrected chi connectivity index (χ1v) is 8.96. The fourth-order valence-corrected chi connectivity index (χ4v) is 3.38. The zero-order chi connectivity index (χ0) is 13.7. The lowest BCUT2D eigenvalue weighted by atomic mass is 9.99. The molecule has 2 rings (SSSR count). The van der Waals surface area contributed by atoms with Crippen molar-refractivity contribution in [2.45, 2.75) is 38.6 Å². The van der Waals surface area contributed by atoms with E-state index in [1.54, 1.807) is 6.92 Å². The van der Waals surface area contributed by atoms with Gasteiger partial charge in [0, 0.05) is 18.3 Å². The van der Waals surface area contributed by atoms with E-state index in [0.29, 0.717) is 12.6 Å². The van der Waals surface area contributed by atoms with Crippen molar-refractivity contribution in [3.63, 3.8) is 0 Å². The van der Waals surface area contributed by atoms with Crippen LogP contribution in [0.2, 0.25) is 0 Å². The Hall–Kier alpha value is -0.870. The van der Waals surface area contributed by atoms with E-state index in [1.165, 1.54) is 24.0 Å². The summed E-state index contributed by atoms with van der Waals surface area (Å²) in [6, 6.07) is 8.83. The lowest BCUT2D eigenvalue weighted by molar-refractivity contribution is 0.501. The zero-order valence-electron chi connectivity index (χ0n) is 11.6. The highest BCUT2D eigenvalue weighted by atomic mass is 32.2. The van der Waals surface area contributed by atoms with Gasteiger partial charge in [0.05, 0.1) is 5.75 Å². The van der Waals surface area contributed by atoms with Crippen LogP contribution in [0.25, 0.3) is 0 Å². The van der Waals surface area contributed by atoms with Crippen LogP contribution in [0.15, 0.2) is 24.3 Å². The van der Waals surface area contributed by atoms with E-state index in [9.17, 15) is 8.42 Å². The van der Waals surface area contributed by atoms with Gasteiger partial charge in [0.1, 0.15) is 0 Å². The predicted octanol–water partition coefficient (Wildman–Crippen LogP) is 2.48. The summed E-state index contributed by atoms with van der Waals surface area (Å²) in [5.41, 5.74) is 2.77. The molecule has 1 aliphatic carbocycles. The molecule has 1 aromatic carbocycles. The molecular weight excluding hydrogens is 258 g/mol. The summed E-state index contributed by atoms with van der Waals surface area (Å²) < 4.78 is 23.0. The van der Waals surface area contributed by atoms with Gasteiger partial charge in [-0.05, 0) is 30.4 Å². The highest BCUT2D eigenvalue weighted by Crippen LogP contribution is 2.28. The van der Waals surface area contributed by atoms with Gasteiger partial charge in [-0.1, -0.05) is 37.6 Å². The van der Waals surface area contributed by atoms with Crippen molar-refractivity contribution in [3.8, 4) is 0 Å². The van der Waals surface area contributed by atoms with Crippen LogP contribution >= 0.6 is 0 Å². The summed E-state index contributed by atoms with van der Waals surface area (Å²) in [6.07, 6.45) is 4.67. The van der Waals surface area contributed by atoms with Gasteiger partial charge >= 0.3 is 0 Å². The Bertz CT molecular complexity index is 511. The molecule has 0 aliphatic heterocycles. The lowest BCUT2D eigenvalue weighted by Gasteiger charge is -2.19. The van der Waals surface area contributed by atoms with Crippen LogP contribution in [-0.4, -0.2) is 26.5 Å². The summed E-state index contributed by atoms with van der Waals surface area (Å²) in [5.74, 6) is 0.470. The standard InChI is InChI=1S/C15H23NO2S/c1-2-19(17,18)12-11-16-15-10-6-4-8-13-7-3-5-9-14(13)15/h3,5,7,9,15-16H,2,4,6,8,10-12H2,1H3. The predicted molar refractivity (Wildman–Crippen MR) is 79.1 cm³/mol. The minimum atomic E-state index is -2.87. The van der Waals surface area contributed by atoms with Gasteiger partial charge < -0.3 is 5.32 Å². The topological polar surface area (TPSA) is 46.2 Å². The molecule has 0 fully saturated rings. The molecule has 19 heavy (non-hydrogen) atoms. The van der Waals surface area contributed by atoms with Crippen LogP contribution in [-0.2, 0) is 16.3 Å². The van der Waals surface area contributed by atoms with E-state index in [4.69, 9.17) is 0 Å². The third-order valence-electron chi connectivity index (χ3n) is 3.86. The SMILES string of the molecule is CCS(=O)(=O)CCNC1CCCCc2ccccc21. The van der Waals surface area contributed by atoms with Gasteiger partial charge in [0.25, 0.3) is 0 Å². The molecule has 4 heteroatoms. The van der Waals surface area contributed by atoms with Crippen LogP contribution < -0.4 is 5.32 Å². The third-order valence-corrected chi connectivity index (χ3v) is 5.57. The van der Waals surface area contributed by atoms with Crippen LogP contribution in [0.1, 0.15) is 43.4 Å². The molecule has 1 atom stereocenters. The van der Waals surface area contributed by atoms with Gasteiger partial charge in [-0.15, -0.1) is 0 Å². The number of nitrogens with one attached hydrogen (secondary N) is 1. The van der Waals surface area contributed by atoms with Crippen LogP contribution in [0.3, 0.4) is 0 Å². The normalized spacial score (nSPS) is 19.7. The molecule has 3 nitrogen and oxygen atoms in total. The molecule has 0 spiro atoms. The Balaban J connectivity index is 2.00. The Morgan fingerprint density at radius 1 is 1.26 bits per heavy atom. The summed E-state index contributed by atoms with van der Waals surface area (Å²) in [7, 11) is -2.87. The van der Waals surface area contributed by atoms with E-state index in [1.807, 2.05) is 0 Å². The molecule has 0 radical (unpaired) electrons. The highest BCUT2D eigenvalue weighted by molar-refractivity contribution is 7.91. The van der Waals surface area contributed by atoms with Crippen LogP contribution in [0.5, 0.6) is 0 Å². The van der Waals surface area contributed by atoms with Crippen molar-refractivity contribution >= 4 is 9.84 Å². The maximum atomic E-state index is 11.5. The van der Waals surface area contributed by atoms with Crippen molar-refractivity contribution in [1.82, 2.24) is 5.32 Å². The average Bonchev–Trinajstić information content (AvgIpc) is 2.61. The van der Waals surface area contributed by atoms with Crippen molar-refractivity contribution in [2.75, 3.05) is 18.1 Å². The monoisotopic (exact) mass is 281 g/mol. The molecule has 0 aromatic heterocycles. The fraction of sp³-hybridized carbons (Fsp3) is 0.600. The molecular formula is C15H23NO2S. The first kappa shape index (κ1) is 14.5. The maximum Gasteiger partial charge on any atom is 0.151 e. The van der Waals surface area contributed by atoms with E-state index < -0.39 is 9.84 Å². The van der Waals surface area contributed by atoms with Crippen LogP contribution in [0.4, 0.5) is 0 Å². The molecule has 0 bridgehead atoms. The summed E-state index contributed by atoms with van der Waals surface area (Å²) in [6.45, 7) is 2.26. The molecule has 106 valence electrons. The van der Waals surface area contributed by atoms with E-state index >= 15 is 0 Å². The summed E-state index contributed by atoms with van der Waals surface area (Å²) in [5, 5.41) is 3.43. The second kappa shape index (κ2) is 6.53. The van der Waals surface area contributed by atoms with E-state index in [0.717, 1.165) is 12.8 Å². The highest BCUT2D eigenvalue weighted by Gasteiger charge is 2.18. The number of hydrogen-bond donors (Lipinski definition) is 1. The first-order valence-electron chi connectivity index (χ1n) is 7.14. The van der Waals surface area contributed by atoms with Crippen molar-refractivity contribution in [2.24, 2.45) is 0 Å². The van der Waals surface area contributed by atoms with E-state index in [2.05, 4.69) is 29.6 Å². The Labute approximate surface area is 116 Å². The second-order valence-electron chi connectivity index (χ2n) is 5.19. The zero-order valence-corrected chi connectivity index (χ0v) is 12.4. The van der Waals surface area contributed by atoms with Crippen LogP contribution in [0, 0.1) is 0 Å². The molecule has 0 amide bonds. The Morgan fingerprint density at radius 2 is 2.05 bits per heavy atom. The smallest absolute Gasteiger partial charge is 0.151 e. The fourth-order valence-electron chi connectivity index (χ4n) is 2.67. The van der Waals surface area contributed by atoms with Gasteiger partial charge in [-0.2, -0.15) is 0 Å². The summed E-state index contributed by atoms with van der Waals surface area (Å²) >= 11 is 0. The largest absolute Gasteiger partial charge is 0.309 e. The molecule has 0 saturated heterocycles. The molecule has 1 N–H and O–H groups in total. The minimum Gasteiger partial charge on any atom is -0.309 e. The minimum absolute atomic E-state index is 0.232. The quantitative estimate of drug-likeness (QED) is 0.843. The average molecular weight is 281 g/mol. The van der Waals surface area contributed by atoms with Gasteiger partial charge in [0.2, 0.25) is 0 Å². The van der Waals surface area contributed by atoms with E-state index in [-0.39, 0.29) is 11.5 Å². The first-order chi connectivity index (χ1) is 9.12. The maximum absolute atomic E-state index is 11.5. The number of sulfone groups is 1. The second-order valence-corrected chi connectivity index (χ2v) is 7.66. The van der Waals surface area contributed by atoms with Crippen molar-refractivity contribution < 1.29 is 8.42 Å². The number of hydrogen-bond acceptors (Lipinski definition) is 3. The number of benzene rings is 1. The number of fused-ring (bicyclic) bond motifs is 1. The Morgan fingerprint density at radius 3 is 2.84 bits per heavy atom. The summed E-state index contributed by atoms with van der Waals surface area (Å²) in [4.78, 5) is 0.